The van der Waals surface area contributed by atoms with Gasteiger partial charge in [-0.05, 0) is 29.7 Å². The van der Waals surface area contributed by atoms with Gasteiger partial charge in [0.2, 0.25) is 0 Å². The molecule has 110 valence electrons. The lowest BCUT2D eigenvalue weighted by Crippen LogP contribution is -2.27. The third kappa shape index (κ3) is 3.99. The Labute approximate surface area is 129 Å². The summed E-state index contributed by atoms with van der Waals surface area (Å²) in [6, 6.07) is 15.1. The molecule has 21 heavy (non-hydrogen) atoms. The van der Waals surface area contributed by atoms with Crippen LogP contribution in [-0.4, -0.2) is 19.6 Å². The van der Waals surface area contributed by atoms with Crippen LogP contribution < -0.4 is 10.1 Å². The fourth-order valence-corrected chi connectivity index (χ4v) is 2.27. The molecule has 0 saturated carbocycles. The van der Waals surface area contributed by atoms with E-state index in [9.17, 15) is 4.79 Å². The maximum Gasteiger partial charge on any atom is 0.255 e. The van der Waals surface area contributed by atoms with Crippen molar-refractivity contribution in [1.29, 1.82) is 0 Å². The summed E-state index contributed by atoms with van der Waals surface area (Å²) < 4.78 is 5.19. The average molecular weight is 304 g/mol. The van der Waals surface area contributed by atoms with Gasteiger partial charge < -0.3 is 10.1 Å². The summed E-state index contributed by atoms with van der Waals surface area (Å²) >= 11 is 5.94. The van der Waals surface area contributed by atoms with Crippen molar-refractivity contribution in [3.05, 3.63) is 64.7 Å². The minimum Gasteiger partial charge on any atom is -0.496 e. The highest BCUT2D eigenvalue weighted by atomic mass is 35.5. The lowest BCUT2D eigenvalue weighted by Gasteiger charge is -2.14. The first kappa shape index (κ1) is 15.4. The number of amides is 1. The molecule has 2 rings (SSSR count). The highest BCUT2D eigenvalue weighted by Gasteiger charge is 2.14. The van der Waals surface area contributed by atoms with Crippen LogP contribution in [0.25, 0.3) is 0 Å². The Kier molecular flexibility index (Phi) is 5.23. The van der Waals surface area contributed by atoms with Gasteiger partial charge >= 0.3 is 0 Å². The topological polar surface area (TPSA) is 38.3 Å². The number of methoxy groups -OCH3 is 1. The second-order valence-electron chi connectivity index (χ2n) is 4.87. The van der Waals surface area contributed by atoms with E-state index in [1.165, 1.54) is 12.7 Å². The average Bonchev–Trinajstić information content (AvgIpc) is 2.53. The summed E-state index contributed by atoms with van der Waals surface area (Å²) in [4.78, 5) is 12.3. The van der Waals surface area contributed by atoms with Crippen LogP contribution in [0.3, 0.4) is 0 Å². The van der Waals surface area contributed by atoms with E-state index < -0.39 is 0 Å². The Morgan fingerprint density at radius 1 is 1.24 bits per heavy atom. The molecule has 0 aliphatic carbocycles. The van der Waals surface area contributed by atoms with E-state index in [1.807, 2.05) is 18.2 Å². The summed E-state index contributed by atoms with van der Waals surface area (Å²) in [6.45, 7) is 2.63. The van der Waals surface area contributed by atoms with Crippen molar-refractivity contribution in [2.24, 2.45) is 0 Å². The molecule has 0 radical (unpaired) electrons. The summed E-state index contributed by atoms with van der Waals surface area (Å²) in [7, 11) is 1.53. The minimum atomic E-state index is -0.183. The van der Waals surface area contributed by atoms with Gasteiger partial charge in [0.15, 0.2) is 0 Å². The quantitative estimate of drug-likeness (QED) is 0.910. The molecule has 3 nitrogen and oxygen atoms in total. The molecule has 0 bridgehead atoms. The van der Waals surface area contributed by atoms with Gasteiger partial charge in [-0.3, -0.25) is 4.79 Å². The summed E-state index contributed by atoms with van der Waals surface area (Å²) in [6.07, 6.45) is 0. The largest absolute Gasteiger partial charge is 0.496 e. The van der Waals surface area contributed by atoms with Crippen LogP contribution >= 0.6 is 11.6 Å². The Morgan fingerprint density at radius 2 is 1.95 bits per heavy atom. The van der Waals surface area contributed by atoms with Gasteiger partial charge in [0.25, 0.3) is 5.91 Å². The second-order valence-corrected chi connectivity index (χ2v) is 5.30. The molecule has 1 unspecified atom stereocenters. The molecule has 0 aliphatic rings. The van der Waals surface area contributed by atoms with E-state index in [-0.39, 0.29) is 11.8 Å². The molecule has 1 amide bonds. The van der Waals surface area contributed by atoms with Crippen molar-refractivity contribution >= 4 is 17.5 Å². The fraction of sp³-hybridized carbons (Fsp3) is 0.235. The molecule has 2 aromatic rings. The molecular formula is C17H18ClNO2. The number of ether oxygens (including phenoxy) is 1. The number of rotatable bonds is 5. The van der Waals surface area contributed by atoms with Crippen molar-refractivity contribution < 1.29 is 9.53 Å². The predicted molar refractivity (Wildman–Crippen MR) is 85.2 cm³/mol. The van der Waals surface area contributed by atoms with Crippen molar-refractivity contribution in [2.45, 2.75) is 12.8 Å². The van der Waals surface area contributed by atoms with Gasteiger partial charge in [0.05, 0.1) is 12.7 Å². The predicted octanol–water partition coefficient (Wildman–Crippen LogP) is 3.88. The Hall–Kier alpha value is -2.00. The molecule has 4 heteroatoms. The van der Waals surface area contributed by atoms with Gasteiger partial charge in [-0.2, -0.15) is 0 Å². The number of carbonyl (C=O) groups excluding carboxylic acids is 1. The minimum absolute atomic E-state index is 0.183. The molecule has 0 fully saturated rings. The summed E-state index contributed by atoms with van der Waals surface area (Å²) in [5, 5.41) is 3.43. The van der Waals surface area contributed by atoms with Gasteiger partial charge in [-0.25, -0.2) is 0 Å². The Morgan fingerprint density at radius 3 is 2.62 bits per heavy atom. The third-order valence-corrected chi connectivity index (χ3v) is 3.58. The van der Waals surface area contributed by atoms with Crippen LogP contribution in [0.1, 0.15) is 28.8 Å². The third-order valence-electron chi connectivity index (χ3n) is 3.34. The second kappa shape index (κ2) is 7.14. The monoisotopic (exact) mass is 303 g/mol. The number of hydrogen-bond acceptors (Lipinski definition) is 2. The zero-order valence-electron chi connectivity index (χ0n) is 12.1. The zero-order valence-corrected chi connectivity index (χ0v) is 12.9. The highest BCUT2D eigenvalue weighted by Crippen LogP contribution is 2.22. The van der Waals surface area contributed by atoms with Crippen LogP contribution in [0.2, 0.25) is 5.02 Å². The van der Waals surface area contributed by atoms with Crippen LogP contribution in [0.15, 0.2) is 48.5 Å². The van der Waals surface area contributed by atoms with Gasteiger partial charge in [-0.1, -0.05) is 48.9 Å². The van der Waals surface area contributed by atoms with Crippen molar-refractivity contribution in [2.75, 3.05) is 13.7 Å². The first-order valence-electron chi connectivity index (χ1n) is 6.78. The lowest BCUT2D eigenvalue weighted by atomic mass is 10.0. The summed E-state index contributed by atoms with van der Waals surface area (Å²) in [5.74, 6) is 0.571. The molecule has 0 aromatic heterocycles. The standard InChI is InChI=1S/C17H18ClNO2/c1-12(13-6-4-3-5-7-13)11-19-17(20)15-10-14(18)8-9-16(15)21-2/h3-10,12H,11H2,1-2H3,(H,19,20). The van der Waals surface area contributed by atoms with Crippen LogP contribution in [0.5, 0.6) is 5.75 Å². The zero-order chi connectivity index (χ0) is 15.2. The van der Waals surface area contributed by atoms with Gasteiger partial charge in [0.1, 0.15) is 5.75 Å². The van der Waals surface area contributed by atoms with E-state index >= 15 is 0 Å². The van der Waals surface area contributed by atoms with E-state index in [0.29, 0.717) is 22.9 Å². The maximum absolute atomic E-state index is 12.3. The molecule has 0 spiro atoms. The van der Waals surface area contributed by atoms with Gasteiger partial charge in [-0.15, -0.1) is 0 Å². The number of nitrogens with one attached hydrogen (secondary N) is 1. The molecule has 1 N–H and O–H groups in total. The smallest absolute Gasteiger partial charge is 0.255 e. The van der Waals surface area contributed by atoms with Crippen molar-refractivity contribution in [1.82, 2.24) is 5.32 Å². The fourth-order valence-electron chi connectivity index (χ4n) is 2.10. The van der Waals surface area contributed by atoms with Crippen molar-refractivity contribution in [3.63, 3.8) is 0 Å². The Bertz CT molecular complexity index is 613. The van der Waals surface area contributed by atoms with E-state index in [1.54, 1.807) is 18.2 Å². The molecule has 0 heterocycles. The first-order valence-corrected chi connectivity index (χ1v) is 7.16. The molecule has 0 aliphatic heterocycles. The van der Waals surface area contributed by atoms with Gasteiger partial charge in [0, 0.05) is 11.6 Å². The van der Waals surface area contributed by atoms with E-state index in [4.69, 9.17) is 16.3 Å². The molecule has 2 aromatic carbocycles. The lowest BCUT2D eigenvalue weighted by molar-refractivity contribution is 0.0948. The number of benzene rings is 2. The normalized spacial score (nSPS) is 11.8. The molecule has 1 atom stereocenters. The van der Waals surface area contributed by atoms with Crippen LogP contribution in [-0.2, 0) is 0 Å². The molecular weight excluding hydrogens is 286 g/mol. The maximum atomic E-state index is 12.3. The molecule has 0 saturated heterocycles. The van der Waals surface area contributed by atoms with Crippen LogP contribution in [0, 0.1) is 0 Å². The highest BCUT2D eigenvalue weighted by molar-refractivity contribution is 6.31. The number of hydrogen-bond donors (Lipinski definition) is 1. The van der Waals surface area contributed by atoms with E-state index in [0.717, 1.165) is 0 Å². The number of carbonyl (C=O) groups is 1. The number of halogens is 1. The SMILES string of the molecule is COc1ccc(Cl)cc1C(=O)NCC(C)c1ccccc1. The first-order chi connectivity index (χ1) is 10.1. The Balaban J connectivity index is 2.04. The van der Waals surface area contributed by atoms with E-state index in [2.05, 4.69) is 24.4 Å². The van der Waals surface area contributed by atoms with Crippen molar-refractivity contribution in [3.8, 4) is 5.75 Å². The van der Waals surface area contributed by atoms with Crippen LogP contribution in [0.4, 0.5) is 0 Å². The summed E-state index contributed by atoms with van der Waals surface area (Å²) in [5.41, 5.74) is 1.64.